The molecule has 1 unspecified atom stereocenters. The maximum Gasteiger partial charge on any atom is 0.257 e. The minimum absolute atomic E-state index is 0.172. The Kier molecular flexibility index (Phi) is 5.44. The zero-order chi connectivity index (χ0) is 15.2. The Balaban J connectivity index is 1.95. The molecule has 0 bridgehead atoms. The number of carbonyl (C=O) groups excluding carboxylic acids is 1. The Morgan fingerprint density at radius 2 is 2.10 bits per heavy atom. The van der Waals surface area contributed by atoms with Crippen molar-refractivity contribution in [3.05, 3.63) is 23.8 Å². The van der Waals surface area contributed by atoms with Gasteiger partial charge >= 0.3 is 0 Å². The van der Waals surface area contributed by atoms with E-state index in [9.17, 15) is 4.79 Å². The van der Waals surface area contributed by atoms with Crippen LogP contribution in [0.2, 0.25) is 0 Å². The van der Waals surface area contributed by atoms with Crippen LogP contribution in [0.5, 0.6) is 5.75 Å². The number of hydrogen-bond donors (Lipinski definition) is 2. The van der Waals surface area contributed by atoms with Crippen LogP contribution in [0.4, 0.5) is 5.69 Å². The quantitative estimate of drug-likeness (QED) is 0.813. The second-order valence-electron chi connectivity index (χ2n) is 5.58. The van der Waals surface area contributed by atoms with E-state index in [1.165, 1.54) is 19.3 Å². The number of amides is 1. The van der Waals surface area contributed by atoms with Gasteiger partial charge in [0.05, 0.1) is 7.11 Å². The van der Waals surface area contributed by atoms with Crippen molar-refractivity contribution in [2.24, 2.45) is 0 Å². The lowest BCUT2D eigenvalue weighted by atomic mass is 10.1. The summed E-state index contributed by atoms with van der Waals surface area (Å²) in [5.41, 5.74) is 6.76. The monoisotopic (exact) mass is 291 g/mol. The first-order valence-corrected chi connectivity index (χ1v) is 7.58. The van der Waals surface area contributed by atoms with Crippen LogP contribution in [0.25, 0.3) is 0 Å². The molecular formula is C16H25N3O2. The number of benzene rings is 1. The first-order valence-electron chi connectivity index (χ1n) is 7.58. The highest BCUT2D eigenvalue weighted by Gasteiger charge is 2.19. The molecule has 0 spiro atoms. The average Bonchev–Trinajstić information content (AvgIpc) is 2.52. The van der Waals surface area contributed by atoms with Crippen LogP contribution >= 0.6 is 0 Å². The third kappa shape index (κ3) is 3.88. The predicted octanol–water partition coefficient (Wildman–Crippen LogP) is 1.88. The summed E-state index contributed by atoms with van der Waals surface area (Å²) in [6.45, 7) is 5.01. The lowest BCUT2D eigenvalue weighted by Crippen LogP contribution is -2.44. The lowest BCUT2D eigenvalue weighted by molar-refractivity contribution is 0.0928. The number of piperidine rings is 1. The molecule has 0 aromatic heterocycles. The van der Waals surface area contributed by atoms with E-state index in [1.54, 1.807) is 25.3 Å². The molecule has 1 aliphatic rings. The van der Waals surface area contributed by atoms with Crippen molar-refractivity contribution in [3.8, 4) is 5.75 Å². The van der Waals surface area contributed by atoms with Crippen LogP contribution in [0, 0.1) is 0 Å². The van der Waals surface area contributed by atoms with Gasteiger partial charge in [-0.3, -0.25) is 9.69 Å². The number of likely N-dealkylation sites (tertiary alicyclic amines) is 1. The smallest absolute Gasteiger partial charge is 0.257 e. The summed E-state index contributed by atoms with van der Waals surface area (Å²) in [5.74, 6) is 0.340. The third-order valence-corrected chi connectivity index (χ3v) is 4.08. The maximum atomic E-state index is 12.3. The Morgan fingerprint density at radius 3 is 2.76 bits per heavy atom. The summed E-state index contributed by atoms with van der Waals surface area (Å²) in [7, 11) is 1.54. The number of methoxy groups -OCH3 is 1. The topological polar surface area (TPSA) is 67.6 Å². The van der Waals surface area contributed by atoms with Crippen molar-refractivity contribution in [1.82, 2.24) is 10.2 Å². The van der Waals surface area contributed by atoms with Gasteiger partial charge in [0.15, 0.2) is 0 Å². The van der Waals surface area contributed by atoms with E-state index in [-0.39, 0.29) is 5.91 Å². The van der Waals surface area contributed by atoms with Gasteiger partial charge in [0.2, 0.25) is 0 Å². The molecule has 1 aromatic rings. The molecule has 5 heteroatoms. The second kappa shape index (κ2) is 7.31. The number of nitrogens with one attached hydrogen (secondary N) is 1. The molecule has 0 saturated carbocycles. The first kappa shape index (κ1) is 15.6. The number of nitrogens with two attached hydrogens (primary N) is 1. The largest absolute Gasteiger partial charge is 0.496 e. The molecule has 0 radical (unpaired) electrons. The van der Waals surface area contributed by atoms with E-state index >= 15 is 0 Å². The van der Waals surface area contributed by atoms with Gasteiger partial charge in [-0.05, 0) is 45.0 Å². The zero-order valence-electron chi connectivity index (χ0n) is 12.9. The molecule has 2 rings (SSSR count). The number of hydrogen-bond acceptors (Lipinski definition) is 4. The summed E-state index contributed by atoms with van der Waals surface area (Å²) < 4.78 is 5.22. The molecule has 21 heavy (non-hydrogen) atoms. The van der Waals surface area contributed by atoms with E-state index in [0.29, 0.717) is 29.6 Å². The molecule has 1 atom stereocenters. The summed E-state index contributed by atoms with van der Waals surface area (Å²) in [6.07, 6.45) is 3.81. The third-order valence-electron chi connectivity index (χ3n) is 4.08. The van der Waals surface area contributed by atoms with Crippen molar-refractivity contribution < 1.29 is 9.53 Å². The van der Waals surface area contributed by atoms with Gasteiger partial charge < -0.3 is 15.8 Å². The summed E-state index contributed by atoms with van der Waals surface area (Å²) >= 11 is 0. The lowest BCUT2D eigenvalue weighted by Gasteiger charge is -2.32. The first-order chi connectivity index (χ1) is 10.1. The van der Waals surface area contributed by atoms with Crippen molar-refractivity contribution in [2.75, 3.05) is 32.5 Å². The molecule has 1 heterocycles. The Hall–Kier alpha value is -1.75. The number of carbonyl (C=O) groups is 1. The van der Waals surface area contributed by atoms with Gasteiger partial charge in [-0.15, -0.1) is 0 Å². The van der Waals surface area contributed by atoms with Gasteiger partial charge in [0.1, 0.15) is 11.3 Å². The molecule has 1 amide bonds. The van der Waals surface area contributed by atoms with Gasteiger partial charge in [-0.2, -0.15) is 0 Å². The van der Waals surface area contributed by atoms with Gasteiger partial charge in [0.25, 0.3) is 5.91 Å². The molecule has 5 nitrogen and oxygen atoms in total. The highest BCUT2D eigenvalue weighted by atomic mass is 16.5. The van der Waals surface area contributed by atoms with Crippen molar-refractivity contribution in [1.29, 1.82) is 0 Å². The molecule has 116 valence electrons. The number of rotatable bonds is 5. The Labute approximate surface area is 126 Å². The fourth-order valence-electron chi connectivity index (χ4n) is 2.78. The maximum absolute atomic E-state index is 12.3. The molecule has 1 fully saturated rings. The molecular weight excluding hydrogens is 266 g/mol. The highest BCUT2D eigenvalue weighted by molar-refractivity contribution is 6.01. The van der Waals surface area contributed by atoms with Gasteiger partial charge in [0, 0.05) is 18.3 Å². The molecule has 1 aromatic carbocycles. The van der Waals surface area contributed by atoms with Gasteiger partial charge in [-0.1, -0.05) is 12.5 Å². The molecule has 1 aliphatic heterocycles. The van der Waals surface area contributed by atoms with E-state index in [0.717, 1.165) is 13.1 Å². The van der Waals surface area contributed by atoms with Crippen LogP contribution in [0.1, 0.15) is 36.5 Å². The summed E-state index contributed by atoms with van der Waals surface area (Å²) in [5, 5.41) is 2.97. The van der Waals surface area contributed by atoms with Crippen molar-refractivity contribution >= 4 is 11.6 Å². The second-order valence-corrected chi connectivity index (χ2v) is 5.58. The van der Waals surface area contributed by atoms with E-state index in [2.05, 4.69) is 17.1 Å². The van der Waals surface area contributed by atoms with Gasteiger partial charge in [-0.25, -0.2) is 0 Å². The zero-order valence-corrected chi connectivity index (χ0v) is 12.9. The minimum Gasteiger partial charge on any atom is -0.496 e. The summed E-state index contributed by atoms with van der Waals surface area (Å²) in [6, 6.07) is 5.58. The molecule has 3 N–H and O–H groups in total. The SMILES string of the molecule is COc1cccc(N)c1C(=O)NCC(C)N1CCCCC1. The standard InChI is InChI=1S/C16H25N3O2/c1-12(19-9-4-3-5-10-19)11-18-16(20)15-13(17)7-6-8-14(15)21-2/h6-8,12H,3-5,9-11,17H2,1-2H3,(H,18,20). The van der Waals surface area contributed by atoms with E-state index < -0.39 is 0 Å². The fourth-order valence-corrected chi connectivity index (χ4v) is 2.78. The Bertz CT molecular complexity index is 484. The van der Waals surface area contributed by atoms with Crippen LogP contribution < -0.4 is 15.8 Å². The van der Waals surface area contributed by atoms with Crippen LogP contribution in [-0.4, -0.2) is 43.6 Å². The fraction of sp³-hybridized carbons (Fsp3) is 0.562. The number of nitrogen functional groups attached to an aromatic ring is 1. The van der Waals surface area contributed by atoms with Crippen LogP contribution in [0.3, 0.4) is 0 Å². The van der Waals surface area contributed by atoms with E-state index in [4.69, 9.17) is 10.5 Å². The number of nitrogens with zero attached hydrogens (tertiary/aromatic N) is 1. The highest BCUT2D eigenvalue weighted by Crippen LogP contribution is 2.23. The molecule has 1 saturated heterocycles. The number of ether oxygens (including phenoxy) is 1. The normalized spacial score (nSPS) is 17.2. The molecule has 0 aliphatic carbocycles. The van der Waals surface area contributed by atoms with Crippen molar-refractivity contribution in [3.63, 3.8) is 0 Å². The average molecular weight is 291 g/mol. The minimum atomic E-state index is -0.172. The number of anilines is 1. The van der Waals surface area contributed by atoms with Crippen LogP contribution in [0.15, 0.2) is 18.2 Å². The Morgan fingerprint density at radius 1 is 1.38 bits per heavy atom. The van der Waals surface area contributed by atoms with E-state index in [1.807, 2.05) is 0 Å². The summed E-state index contributed by atoms with van der Waals surface area (Å²) in [4.78, 5) is 14.8. The van der Waals surface area contributed by atoms with Crippen LogP contribution in [-0.2, 0) is 0 Å². The predicted molar refractivity (Wildman–Crippen MR) is 84.6 cm³/mol. The van der Waals surface area contributed by atoms with Crippen molar-refractivity contribution in [2.45, 2.75) is 32.2 Å².